The Hall–Kier alpha value is -2.67. The Bertz CT molecular complexity index is 739. The van der Waals surface area contributed by atoms with Crippen molar-refractivity contribution in [3.05, 3.63) is 47.2 Å². The number of nitrogen functional groups attached to an aromatic ring is 1. The van der Waals surface area contributed by atoms with Crippen LogP contribution in [0.15, 0.2) is 30.5 Å². The maximum absolute atomic E-state index is 9.29. The number of anilines is 1. The van der Waals surface area contributed by atoms with Crippen molar-refractivity contribution in [2.75, 3.05) is 5.73 Å². The lowest BCUT2D eigenvalue weighted by Gasteiger charge is -2.18. The molecule has 0 aliphatic carbocycles. The van der Waals surface area contributed by atoms with Crippen LogP contribution >= 0.6 is 0 Å². The number of hydrogen-bond donors (Lipinski definition) is 2. The summed E-state index contributed by atoms with van der Waals surface area (Å²) in [4.78, 5) is 4.10. The van der Waals surface area contributed by atoms with Gasteiger partial charge in [-0.3, -0.25) is 0 Å². The normalized spacial score (nSPS) is 11.0. The maximum atomic E-state index is 9.29. The third-order valence-corrected chi connectivity index (χ3v) is 3.63. The molecule has 0 atom stereocenters. The second-order valence-corrected chi connectivity index (χ2v) is 5.58. The zero-order valence-electron chi connectivity index (χ0n) is 12.4. The van der Waals surface area contributed by atoms with Crippen LogP contribution in [0.1, 0.15) is 30.5 Å². The first-order chi connectivity index (χ1) is 9.90. The summed E-state index contributed by atoms with van der Waals surface area (Å²) >= 11 is 0. The highest BCUT2D eigenvalue weighted by molar-refractivity contribution is 5.95. The van der Waals surface area contributed by atoms with Crippen LogP contribution in [-0.4, -0.2) is 11.2 Å². The number of aromatic nitrogens is 1. The molecule has 0 amide bonds. The first kappa shape index (κ1) is 14.7. The molecule has 2 rings (SSSR count). The van der Waals surface area contributed by atoms with E-state index in [0.29, 0.717) is 11.4 Å². The van der Waals surface area contributed by atoms with Gasteiger partial charge in [0.15, 0.2) is 0 Å². The molecule has 3 N–H and O–H groups in total. The SMILES string of the molecule is Cc1cnc(N)c(C=N)c1-c1cccc(C(C)(C)C#N)c1. The van der Waals surface area contributed by atoms with E-state index >= 15 is 0 Å². The molecule has 0 unspecified atom stereocenters. The molecule has 106 valence electrons. The second kappa shape index (κ2) is 5.37. The fraction of sp³-hybridized carbons (Fsp3) is 0.235. The highest BCUT2D eigenvalue weighted by Crippen LogP contribution is 2.32. The van der Waals surface area contributed by atoms with Crippen molar-refractivity contribution >= 4 is 12.0 Å². The summed E-state index contributed by atoms with van der Waals surface area (Å²) in [6.07, 6.45) is 2.94. The molecule has 2 aromatic rings. The molecule has 21 heavy (non-hydrogen) atoms. The lowest BCUT2D eigenvalue weighted by Crippen LogP contribution is -2.13. The molecule has 0 aliphatic rings. The zero-order chi connectivity index (χ0) is 15.6. The Labute approximate surface area is 124 Å². The first-order valence-electron chi connectivity index (χ1n) is 6.68. The number of nitrogens with one attached hydrogen (secondary N) is 1. The van der Waals surface area contributed by atoms with E-state index < -0.39 is 5.41 Å². The molecule has 1 aromatic carbocycles. The molecule has 0 saturated heterocycles. The van der Waals surface area contributed by atoms with E-state index in [2.05, 4.69) is 11.1 Å². The van der Waals surface area contributed by atoms with E-state index in [1.807, 2.05) is 45.0 Å². The third kappa shape index (κ3) is 2.63. The van der Waals surface area contributed by atoms with Crippen molar-refractivity contribution in [1.82, 2.24) is 4.98 Å². The summed E-state index contributed by atoms with van der Waals surface area (Å²) in [7, 11) is 0. The van der Waals surface area contributed by atoms with Crippen LogP contribution in [0.2, 0.25) is 0 Å². The average molecular weight is 278 g/mol. The average Bonchev–Trinajstić information content (AvgIpc) is 2.49. The number of hydrogen-bond acceptors (Lipinski definition) is 4. The Morgan fingerprint density at radius 2 is 2.10 bits per heavy atom. The second-order valence-electron chi connectivity index (χ2n) is 5.58. The van der Waals surface area contributed by atoms with Crippen molar-refractivity contribution in [3.63, 3.8) is 0 Å². The van der Waals surface area contributed by atoms with Gasteiger partial charge < -0.3 is 11.1 Å². The summed E-state index contributed by atoms with van der Waals surface area (Å²) in [6, 6.07) is 10.1. The van der Waals surface area contributed by atoms with Crippen LogP contribution in [-0.2, 0) is 5.41 Å². The summed E-state index contributed by atoms with van der Waals surface area (Å²) in [5.41, 5.74) is 9.66. The van der Waals surface area contributed by atoms with Crippen molar-refractivity contribution in [3.8, 4) is 17.2 Å². The van der Waals surface area contributed by atoms with Crippen LogP contribution in [0.4, 0.5) is 5.82 Å². The fourth-order valence-electron chi connectivity index (χ4n) is 2.30. The van der Waals surface area contributed by atoms with E-state index in [1.54, 1.807) is 6.20 Å². The zero-order valence-corrected chi connectivity index (χ0v) is 12.4. The summed E-state index contributed by atoms with van der Waals surface area (Å²) in [5.74, 6) is 0.343. The van der Waals surface area contributed by atoms with E-state index in [1.165, 1.54) is 6.21 Å². The molecular weight excluding hydrogens is 260 g/mol. The predicted molar refractivity (Wildman–Crippen MR) is 85.3 cm³/mol. The quantitative estimate of drug-likeness (QED) is 0.843. The van der Waals surface area contributed by atoms with Gasteiger partial charge in [-0.15, -0.1) is 0 Å². The number of aryl methyl sites for hydroxylation is 1. The standard InChI is InChI=1S/C17H18N4/c1-11-9-21-16(20)14(8-18)15(11)12-5-4-6-13(7-12)17(2,3)10-19/h4-9,18H,1-3H3,(H2,20,21). The molecule has 1 heterocycles. The number of rotatable bonds is 3. The van der Waals surface area contributed by atoms with Gasteiger partial charge in [-0.1, -0.05) is 18.2 Å². The first-order valence-corrected chi connectivity index (χ1v) is 6.68. The minimum Gasteiger partial charge on any atom is -0.383 e. The lowest BCUT2D eigenvalue weighted by atomic mass is 9.84. The lowest BCUT2D eigenvalue weighted by molar-refractivity contribution is 0.687. The van der Waals surface area contributed by atoms with Crippen LogP contribution in [0.25, 0.3) is 11.1 Å². The fourth-order valence-corrected chi connectivity index (χ4v) is 2.30. The Morgan fingerprint density at radius 1 is 1.38 bits per heavy atom. The monoisotopic (exact) mass is 278 g/mol. The molecular formula is C17H18N4. The van der Waals surface area contributed by atoms with Crippen molar-refractivity contribution in [1.29, 1.82) is 10.7 Å². The smallest absolute Gasteiger partial charge is 0.132 e. The number of nitriles is 1. The highest BCUT2D eigenvalue weighted by atomic mass is 14.8. The number of nitrogens with two attached hydrogens (primary N) is 1. The Morgan fingerprint density at radius 3 is 2.71 bits per heavy atom. The summed E-state index contributed by atoms with van der Waals surface area (Å²) < 4.78 is 0. The van der Waals surface area contributed by atoms with E-state index in [4.69, 9.17) is 11.1 Å². The van der Waals surface area contributed by atoms with Gasteiger partial charge in [0.1, 0.15) is 5.82 Å². The predicted octanol–water partition coefficient (Wildman–Crippen LogP) is 3.44. The molecule has 4 nitrogen and oxygen atoms in total. The Kier molecular flexibility index (Phi) is 3.77. The van der Waals surface area contributed by atoms with Gasteiger partial charge >= 0.3 is 0 Å². The minimum absolute atomic E-state index is 0.343. The summed E-state index contributed by atoms with van der Waals surface area (Å²) in [6.45, 7) is 5.71. The van der Waals surface area contributed by atoms with Gasteiger partial charge in [0.2, 0.25) is 0 Å². The molecule has 1 aromatic heterocycles. The molecule has 4 heteroatoms. The van der Waals surface area contributed by atoms with Crippen molar-refractivity contribution in [2.45, 2.75) is 26.2 Å². The van der Waals surface area contributed by atoms with Crippen molar-refractivity contribution < 1.29 is 0 Å². The maximum Gasteiger partial charge on any atom is 0.132 e. The Balaban J connectivity index is 2.70. The number of benzene rings is 1. The van der Waals surface area contributed by atoms with Gasteiger partial charge in [-0.2, -0.15) is 5.26 Å². The van der Waals surface area contributed by atoms with Crippen molar-refractivity contribution in [2.24, 2.45) is 0 Å². The van der Waals surface area contributed by atoms with Crippen LogP contribution < -0.4 is 5.73 Å². The third-order valence-electron chi connectivity index (χ3n) is 3.63. The topological polar surface area (TPSA) is 86.5 Å². The highest BCUT2D eigenvalue weighted by Gasteiger charge is 2.21. The largest absolute Gasteiger partial charge is 0.383 e. The van der Waals surface area contributed by atoms with Crippen LogP contribution in [0.5, 0.6) is 0 Å². The molecule has 0 radical (unpaired) electrons. The van der Waals surface area contributed by atoms with Crippen LogP contribution in [0, 0.1) is 23.7 Å². The molecule has 0 fully saturated rings. The molecule has 0 saturated carbocycles. The van der Waals surface area contributed by atoms with Gasteiger partial charge in [-0.05, 0) is 49.1 Å². The molecule has 0 aliphatic heterocycles. The van der Waals surface area contributed by atoms with Crippen LogP contribution in [0.3, 0.4) is 0 Å². The minimum atomic E-state index is -0.562. The molecule has 0 spiro atoms. The van der Waals surface area contributed by atoms with Gasteiger partial charge in [0, 0.05) is 18.0 Å². The van der Waals surface area contributed by atoms with Gasteiger partial charge in [0.05, 0.1) is 11.5 Å². The molecule has 0 bridgehead atoms. The summed E-state index contributed by atoms with van der Waals surface area (Å²) in [5, 5.41) is 16.9. The van der Waals surface area contributed by atoms with Gasteiger partial charge in [-0.25, -0.2) is 4.98 Å². The van der Waals surface area contributed by atoms with E-state index in [-0.39, 0.29) is 0 Å². The number of pyridine rings is 1. The van der Waals surface area contributed by atoms with E-state index in [9.17, 15) is 5.26 Å². The van der Waals surface area contributed by atoms with Gasteiger partial charge in [0.25, 0.3) is 0 Å². The number of nitrogens with zero attached hydrogens (tertiary/aromatic N) is 2. The van der Waals surface area contributed by atoms with E-state index in [0.717, 1.165) is 22.3 Å².